The van der Waals surface area contributed by atoms with Crippen LogP contribution in [0.4, 0.5) is 5.69 Å². The van der Waals surface area contributed by atoms with Crippen molar-refractivity contribution in [3.05, 3.63) is 23.2 Å². The number of ether oxygens (including phenoxy) is 1. The average Bonchev–Trinajstić information content (AvgIpc) is 2.75. The fraction of sp³-hybridized carbons (Fsp3) is 0.429. The molecule has 2 atom stereocenters. The first-order chi connectivity index (χ1) is 9.56. The topological polar surface area (TPSA) is 68.5 Å². The summed E-state index contributed by atoms with van der Waals surface area (Å²) in [6.07, 6.45) is 1.82. The van der Waals surface area contributed by atoms with Gasteiger partial charge < -0.3 is 15.4 Å². The third kappa shape index (κ3) is 2.25. The Bertz CT molecular complexity index is 645. The molecule has 106 valence electrons. The van der Waals surface area contributed by atoms with Gasteiger partial charge in [-0.05, 0) is 26.0 Å². The molecule has 0 aromatic carbocycles. The number of anilines is 1. The Kier molecular flexibility index (Phi) is 3.35. The van der Waals surface area contributed by atoms with Crippen LogP contribution in [0.1, 0.15) is 23.5 Å². The third-order valence-corrected chi connectivity index (χ3v) is 4.52. The van der Waals surface area contributed by atoms with Crippen LogP contribution >= 0.6 is 11.3 Å². The molecule has 1 amide bonds. The molecule has 0 saturated carbocycles. The smallest absolute Gasteiger partial charge is 0.266 e. The van der Waals surface area contributed by atoms with E-state index in [2.05, 4.69) is 4.98 Å². The molecule has 1 fully saturated rings. The highest BCUT2D eigenvalue weighted by Crippen LogP contribution is 2.33. The number of nitrogens with zero attached hydrogens (tertiary/aromatic N) is 2. The summed E-state index contributed by atoms with van der Waals surface area (Å²) in [5.74, 6) is -0.0208. The van der Waals surface area contributed by atoms with Crippen LogP contribution in [0.3, 0.4) is 0 Å². The second-order valence-corrected chi connectivity index (χ2v) is 6.17. The number of rotatable bonds is 1. The zero-order valence-electron chi connectivity index (χ0n) is 11.5. The lowest BCUT2D eigenvalue weighted by atomic mass is 10.2. The van der Waals surface area contributed by atoms with Gasteiger partial charge in [0.15, 0.2) is 0 Å². The highest BCUT2D eigenvalue weighted by Gasteiger charge is 2.29. The molecule has 0 spiro atoms. The van der Waals surface area contributed by atoms with Gasteiger partial charge in [-0.25, -0.2) is 4.98 Å². The van der Waals surface area contributed by atoms with E-state index in [1.807, 2.05) is 30.9 Å². The van der Waals surface area contributed by atoms with E-state index >= 15 is 0 Å². The maximum absolute atomic E-state index is 12.7. The normalized spacial score (nSPS) is 23.2. The van der Waals surface area contributed by atoms with Crippen LogP contribution in [0, 0.1) is 0 Å². The summed E-state index contributed by atoms with van der Waals surface area (Å²) in [5, 5.41) is 0.857. The SMILES string of the molecule is C[C@@H]1CN(C(=O)c2sc3ncccc3c2N)C[C@H](C)O1. The number of hydrogen-bond acceptors (Lipinski definition) is 5. The number of pyridine rings is 1. The molecule has 1 aliphatic heterocycles. The minimum atomic E-state index is -0.0208. The largest absolute Gasteiger partial charge is 0.397 e. The summed E-state index contributed by atoms with van der Waals surface area (Å²) >= 11 is 1.36. The van der Waals surface area contributed by atoms with Crippen LogP contribution in [-0.2, 0) is 4.74 Å². The highest BCUT2D eigenvalue weighted by atomic mass is 32.1. The molecule has 2 N–H and O–H groups in total. The van der Waals surface area contributed by atoms with Crippen LogP contribution in [-0.4, -0.2) is 41.1 Å². The lowest BCUT2D eigenvalue weighted by molar-refractivity contribution is -0.0584. The Balaban J connectivity index is 1.94. The number of thiophene rings is 1. The third-order valence-electron chi connectivity index (χ3n) is 3.41. The molecule has 20 heavy (non-hydrogen) atoms. The van der Waals surface area contributed by atoms with Crippen molar-refractivity contribution >= 4 is 33.1 Å². The Hall–Kier alpha value is -1.66. The van der Waals surface area contributed by atoms with Gasteiger partial charge in [0.05, 0.1) is 17.9 Å². The molecule has 1 aliphatic rings. The van der Waals surface area contributed by atoms with Crippen LogP contribution in [0.15, 0.2) is 18.3 Å². The predicted octanol–water partition coefficient (Wildman–Crippen LogP) is 2.13. The number of nitrogens with two attached hydrogens (primary N) is 1. The first-order valence-corrected chi connectivity index (χ1v) is 7.45. The van der Waals surface area contributed by atoms with Gasteiger partial charge >= 0.3 is 0 Å². The van der Waals surface area contributed by atoms with E-state index in [0.29, 0.717) is 23.7 Å². The van der Waals surface area contributed by atoms with E-state index in [-0.39, 0.29) is 18.1 Å². The van der Waals surface area contributed by atoms with Gasteiger partial charge in [0, 0.05) is 24.7 Å². The average molecular weight is 291 g/mol. The van der Waals surface area contributed by atoms with E-state index in [0.717, 1.165) is 10.2 Å². The van der Waals surface area contributed by atoms with Crippen LogP contribution in [0.2, 0.25) is 0 Å². The first-order valence-electron chi connectivity index (χ1n) is 6.64. The van der Waals surface area contributed by atoms with Crippen molar-refractivity contribution in [1.82, 2.24) is 9.88 Å². The number of nitrogen functional groups attached to an aromatic ring is 1. The monoisotopic (exact) mass is 291 g/mol. The van der Waals surface area contributed by atoms with Crippen LogP contribution in [0.5, 0.6) is 0 Å². The van der Waals surface area contributed by atoms with Gasteiger partial charge in [-0.2, -0.15) is 0 Å². The number of carbonyl (C=O) groups excluding carboxylic acids is 1. The molecule has 6 heteroatoms. The maximum Gasteiger partial charge on any atom is 0.266 e. The van der Waals surface area contributed by atoms with Crippen molar-refractivity contribution in [2.24, 2.45) is 0 Å². The number of fused-ring (bicyclic) bond motifs is 1. The number of amides is 1. The zero-order valence-corrected chi connectivity index (χ0v) is 12.3. The predicted molar refractivity (Wildman–Crippen MR) is 79.9 cm³/mol. The lowest BCUT2D eigenvalue weighted by Crippen LogP contribution is -2.48. The molecule has 0 bridgehead atoms. The summed E-state index contributed by atoms with van der Waals surface area (Å²) in [4.78, 5) is 20.1. The molecule has 5 nitrogen and oxygen atoms in total. The maximum atomic E-state index is 12.7. The molecule has 0 unspecified atom stereocenters. The molecule has 3 rings (SSSR count). The van der Waals surface area contributed by atoms with Crippen molar-refractivity contribution in [2.45, 2.75) is 26.1 Å². The number of hydrogen-bond donors (Lipinski definition) is 1. The van der Waals surface area contributed by atoms with Crippen molar-refractivity contribution in [3.63, 3.8) is 0 Å². The zero-order chi connectivity index (χ0) is 14.3. The summed E-state index contributed by atoms with van der Waals surface area (Å²) in [7, 11) is 0. The fourth-order valence-corrected chi connectivity index (χ4v) is 3.63. The van der Waals surface area contributed by atoms with Crippen molar-refractivity contribution < 1.29 is 9.53 Å². The molecule has 0 radical (unpaired) electrons. The summed E-state index contributed by atoms with van der Waals surface area (Å²) in [5.41, 5.74) is 6.64. The van der Waals surface area contributed by atoms with Gasteiger partial charge in [-0.1, -0.05) is 0 Å². The Morgan fingerprint density at radius 1 is 1.45 bits per heavy atom. The molecule has 0 aliphatic carbocycles. The Labute approximate surface area is 121 Å². The molecule has 1 saturated heterocycles. The van der Waals surface area contributed by atoms with Gasteiger partial charge in [0.1, 0.15) is 9.71 Å². The summed E-state index contributed by atoms with van der Waals surface area (Å²) < 4.78 is 5.66. The minimum absolute atomic E-state index is 0.0208. The number of carbonyl (C=O) groups is 1. The van der Waals surface area contributed by atoms with Gasteiger partial charge in [0.25, 0.3) is 5.91 Å². The van der Waals surface area contributed by atoms with E-state index in [4.69, 9.17) is 10.5 Å². The molecular weight excluding hydrogens is 274 g/mol. The second kappa shape index (κ2) is 5.03. The molecular formula is C14H17N3O2S. The van der Waals surface area contributed by atoms with Crippen molar-refractivity contribution in [3.8, 4) is 0 Å². The van der Waals surface area contributed by atoms with Crippen molar-refractivity contribution in [2.75, 3.05) is 18.8 Å². The van der Waals surface area contributed by atoms with Gasteiger partial charge in [0.2, 0.25) is 0 Å². The standard InChI is InChI=1S/C14H17N3O2S/c1-8-6-17(7-9(2)19-8)14(18)12-11(15)10-4-3-5-16-13(10)20-12/h3-5,8-9H,6-7,15H2,1-2H3/t8-,9+. The fourth-order valence-electron chi connectivity index (χ4n) is 2.60. The number of aromatic nitrogens is 1. The minimum Gasteiger partial charge on any atom is -0.397 e. The van der Waals surface area contributed by atoms with Crippen LogP contribution < -0.4 is 5.73 Å². The van der Waals surface area contributed by atoms with E-state index in [9.17, 15) is 4.79 Å². The Morgan fingerprint density at radius 3 is 2.80 bits per heavy atom. The summed E-state index contributed by atoms with van der Waals surface area (Å²) in [6.45, 7) is 5.16. The quantitative estimate of drug-likeness (QED) is 0.874. The highest BCUT2D eigenvalue weighted by molar-refractivity contribution is 7.21. The molecule has 2 aromatic heterocycles. The van der Waals surface area contributed by atoms with E-state index in [1.54, 1.807) is 6.20 Å². The first kappa shape index (κ1) is 13.3. The molecule has 3 heterocycles. The van der Waals surface area contributed by atoms with E-state index in [1.165, 1.54) is 11.3 Å². The van der Waals surface area contributed by atoms with E-state index < -0.39 is 0 Å². The van der Waals surface area contributed by atoms with Gasteiger partial charge in [-0.15, -0.1) is 11.3 Å². The van der Waals surface area contributed by atoms with Crippen LogP contribution in [0.25, 0.3) is 10.2 Å². The second-order valence-electron chi connectivity index (χ2n) is 5.17. The van der Waals surface area contributed by atoms with Crippen molar-refractivity contribution in [1.29, 1.82) is 0 Å². The summed E-state index contributed by atoms with van der Waals surface area (Å²) in [6, 6.07) is 3.73. The molecule has 2 aromatic rings. The number of morpholine rings is 1. The van der Waals surface area contributed by atoms with Gasteiger partial charge in [-0.3, -0.25) is 4.79 Å². The Morgan fingerprint density at radius 2 is 2.15 bits per heavy atom. The lowest BCUT2D eigenvalue weighted by Gasteiger charge is -2.35.